The molecule has 3 aromatic rings. The van der Waals surface area contributed by atoms with Gasteiger partial charge in [0.2, 0.25) is 5.95 Å². The fraction of sp³-hybridized carbons (Fsp3) is 0.214. The predicted molar refractivity (Wildman–Crippen MR) is 81.6 cm³/mol. The molecule has 3 rings (SSSR count). The van der Waals surface area contributed by atoms with E-state index in [0.717, 1.165) is 18.5 Å². The van der Waals surface area contributed by atoms with Gasteiger partial charge in [-0.1, -0.05) is 11.6 Å². The number of pyridine rings is 1. The summed E-state index contributed by atoms with van der Waals surface area (Å²) >= 11 is 5.95. The average Bonchev–Trinajstić information content (AvgIpc) is 3.00. The zero-order chi connectivity index (χ0) is 15.4. The molecule has 0 spiro atoms. The third-order valence-electron chi connectivity index (χ3n) is 3.08. The number of aromatic nitrogens is 5. The molecule has 3 heterocycles. The van der Waals surface area contributed by atoms with Crippen molar-refractivity contribution in [1.82, 2.24) is 24.6 Å². The molecule has 0 fully saturated rings. The maximum absolute atomic E-state index is 8.73. The second-order valence-corrected chi connectivity index (χ2v) is 5.00. The van der Waals surface area contributed by atoms with Gasteiger partial charge in [0, 0.05) is 24.5 Å². The maximum atomic E-state index is 8.73. The summed E-state index contributed by atoms with van der Waals surface area (Å²) in [5.41, 5.74) is 2.17. The van der Waals surface area contributed by atoms with Crippen molar-refractivity contribution in [2.24, 2.45) is 0 Å². The minimum atomic E-state index is 0.372. The first-order valence-corrected chi connectivity index (χ1v) is 7.09. The lowest BCUT2D eigenvalue weighted by Gasteiger charge is -2.07. The summed E-state index contributed by atoms with van der Waals surface area (Å²) in [5, 5.41) is 16.4. The number of anilines is 1. The van der Waals surface area contributed by atoms with E-state index >= 15 is 0 Å². The molecule has 0 bridgehead atoms. The van der Waals surface area contributed by atoms with Crippen molar-refractivity contribution in [2.45, 2.75) is 12.8 Å². The average molecular weight is 314 g/mol. The standard InChI is InChI=1S/C14H12ClN7/c15-12-6-13-19-9-20-22(13)14(21-12)17-5-1-2-11-4-3-10(7-16)8-18-11/h3-4,6,8-9H,1-2,5H2,(H,17,21). The van der Waals surface area contributed by atoms with Gasteiger partial charge in [-0.05, 0) is 25.0 Å². The summed E-state index contributed by atoms with van der Waals surface area (Å²) in [4.78, 5) is 12.5. The Morgan fingerprint density at radius 3 is 3.00 bits per heavy atom. The number of aryl methyl sites for hydroxylation is 1. The Kier molecular flexibility index (Phi) is 4.12. The molecule has 0 aromatic carbocycles. The molecule has 0 unspecified atom stereocenters. The van der Waals surface area contributed by atoms with Crippen LogP contribution < -0.4 is 5.32 Å². The van der Waals surface area contributed by atoms with Gasteiger partial charge < -0.3 is 5.32 Å². The van der Waals surface area contributed by atoms with Crippen molar-refractivity contribution < 1.29 is 0 Å². The Balaban J connectivity index is 1.58. The van der Waals surface area contributed by atoms with Crippen LogP contribution >= 0.6 is 11.6 Å². The van der Waals surface area contributed by atoms with Crippen LogP contribution in [0, 0.1) is 11.3 Å². The zero-order valence-electron chi connectivity index (χ0n) is 11.6. The van der Waals surface area contributed by atoms with E-state index in [2.05, 4.69) is 31.4 Å². The van der Waals surface area contributed by atoms with Crippen molar-refractivity contribution in [3.05, 3.63) is 47.1 Å². The molecule has 0 aliphatic rings. The number of nitrogens with zero attached hydrogens (tertiary/aromatic N) is 6. The Bertz CT molecular complexity index is 819. The molecule has 0 atom stereocenters. The van der Waals surface area contributed by atoms with Crippen LogP contribution in [0.1, 0.15) is 17.7 Å². The van der Waals surface area contributed by atoms with E-state index < -0.39 is 0 Å². The fourth-order valence-corrected chi connectivity index (χ4v) is 2.20. The first-order valence-electron chi connectivity index (χ1n) is 6.71. The van der Waals surface area contributed by atoms with Gasteiger partial charge in [0.1, 0.15) is 17.5 Å². The second-order valence-electron chi connectivity index (χ2n) is 4.61. The molecular weight excluding hydrogens is 302 g/mol. The summed E-state index contributed by atoms with van der Waals surface area (Å²) in [7, 11) is 0. The third kappa shape index (κ3) is 3.13. The lowest BCUT2D eigenvalue weighted by molar-refractivity contribution is 0.815. The number of hydrogen-bond acceptors (Lipinski definition) is 6. The van der Waals surface area contributed by atoms with Crippen molar-refractivity contribution in [1.29, 1.82) is 5.26 Å². The molecule has 1 N–H and O–H groups in total. The molecule has 7 nitrogen and oxygen atoms in total. The minimum absolute atomic E-state index is 0.372. The predicted octanol–water partition coefficient (Wildman–Crippen LogP) is 2.09. The van der Waals surface area contributed by atoms with E-state index in [0.29, 0.717) is 28.9 Å². The summed E-state index contributed by atoms with van der Waals surface area (Å²) in [6, 6.07) is 7.34. The maximum Gasteiger partial charge on any atom is 0.227 e. The van der Waals surface area contributed by atoms with Crippen LogP contribution in [0.15, 0.2) is 30.7 Å². The van der Waals surface area contributed by atoms with Gasteiger partial charge >= 0.3 is 0 Å². The quantitative estimate of drug-likeness (QED) is 0.573. The third-order valence-corrected chi connectivity index (χ3v) is 3.28. The van der Waals surface area contributed by atoms with Crippen LogP contribution in [-0.2, 0) is 6.42 Å². The van der Waals surface area contributed by atoms with E-state index in [1.54, 1.807) is 22.8 Å². The molecule has 0 aliphatic carbocycles. The Morgan fingerprint density at radius 2 is 2.23 bits per heavy atom. The van der Waals surface area contributed by atoms with Crippen molar-refractivity contribution >= 4 is 23.2 Å². The highest BCUT2D eigenvalue weighted by molar-refractivity contribution is 6.29. The molecule has 110 valence electrons. The van der Waals surface area contributed by atoms with Gasteiger partial charge in [-0.2, -0.15) is 14.9 Å². The van der Waals surface area contributed by atoms with E-state index in [4.69, 9.17) is 16.9 Å². The Labute approximate surface area is 131 Å². The van der Waals surface area contributed by atoms with Crippen molar-refractivity contribution in [3.63, 3.8) is 0 Å². The first kappa shape index (κ1) is 14.2. The molecule has 0 radical (unpaired) electrons. The molecule has 0 aliphatic heterocycles. The van der Waals surface area contributed by atoms with Crippen LogP contribution in [0.2, 0.25) is 5.15 Å². The van der Waals surface area contributed by atoms with Crippen LogP contribution in [0.5, 0.6) is 0 Å². The van der Waals surface area contributed by atoms with Crippen molar-refractivity contribution in [3.8, 4) is 6.07 Å². The summed E-state index contributed by atoms with van der Waals surface area (Å²) < 4.78 is 1.60. The number of nitrogens with one attached hydrogen (secondary N) is 1. The lowest BCUT2D eigenvalue weighted by atomic mass is 10.2. The molecule has 0 saturated heterocycles. The largest absolute Gasteiger partial charge is 0.354 e. The molecule has 8 heteroatoms. The fourth-order valence-electron chi connectivity index (χ4n) is 2.02. The van der Waals surface area contributed by atoms with E-state index in [9.17, 15) is 0 Å². The van der Waals surface area contributed by atoms with E-state index in [-0.39, 0.29) is 0 Å². The molecule has 0 saturated carbocycles. The minimum Gasteiger partial charge on any atom is -0.354 e. The summed E-state index contributed by atoms with van der Waals surface area (Å²) in [5.74, 6) is 0.563. The number of nitriles is 1. The number of fused-ring (bicyclic) bond motifs is 1. The topological polar surface area (TPSA) is 91.8 Å². The second kappa shape index (κ2) is 6.37. The van der Waals surface area contributed by atoms with Gasteiger partial charge in [-0.25, -0.2) is 9.97 Å². The van der Waals surface area contributed by atoms with Crippen LogP contribution in [0.25, 0.3) is 5.65 Å². The van der Waals surface area contributed by atoms with Crippen LogP contribution in [0.3, 0.4) is 0 Å². The summed E-state index contributed by atoms with van der Waals surface area (Å²) in [6.45, 7) is 0.698. The van der Waals surface area contributed by atoms with E-state index in [1.807, 2.05) is 6.07 Å². The molecular formula is C14H12ClN7. The van der Waals surface area contributed by atoms with E-state index in [1.165, 1.54) is 6.33 Å². The highest BCUT2D eigenvalue weighted by atomic mass is 35.5. The smallest absolute Gasteiger partial charge is 0.227 e. The number of hydrogen-bond donors (Lipinski definition) is 1. The van der Waals surface area contributed by atoms with Gasteiger partial charge in [-0.15, -0.1) is 0 Å². The number of halogens is 1. The summed E-state index contributed by atoms with van der Waals surface area (Å²) in [6.07, 6.45) is 4.71. The first-order chi connectivity index (χ1) is 10.8. The number of rotatable bonds is 5. The Hall–Kier alpha value is -2.72. The van der Waals surface area contributed by atoms with Gasteiger partial charge in [0.05, 0.1) is 5.56 Å². The molecule has 22 heavy (non-hydrogen) atoms. The SMILES string of the molecule is N#Cc1ccc(CCCNc2nc(Cl)cc3ncnn23)nc1. The van der Waals surface area contributed by atoms with Gasteiger partial charge in [0.25, 0.3) is 0 Å². The Morgan fingerprint density at radius 1 is 1.32 bits per heavy atom. The highest BCUT2D eigenvalue weighted by Crippen LogP contribution is 2.13. The van der Waals surface area contributed by atoms with Crippen LogP contribution in [0.4, 0.5) is 5.95 Å². The molecule has 0 amide bonds. The molecule has 3 aromatic heterocycles. The zero-order valence-corrected chi connectivity index (χ0v) is 12.3. The highest BCUT2D eigenvalue weighted by Gasteiger charge is 2.06. The van der Waals surface area contributed by atoms with Crippen molar-refractivity contribution in [2.75, 3.05) is 11.9 Å². The normalized spacial score (nSPS) is 10.5. The van der Waals surface area contributed by atoms with Gasteiger partial charge in [-0.3, -0.25) is 4.98 Å². The van der Waals surface area contributed by atoms with Crippen LogP contribution in [-0.4, -0.2) is 31.1 Å². The monoisotopic (exact) mass is 313 g/mol. The lowest BCUT2D eigenvalue weighted by Crippen LogP contribution is -2.10. The van der Waals surface area contributed by atoms with Gasteiger partial charge in [0.15, 0.2) is 5.65 Å².